The van der Waals surface area contributed by atoms with Gasteiger partial charge in [-0.2, -0.15) is 13.2 Å². The molecule has 0 bridgehead atoms. The van der Waals surface area contributed by atoms with Gasteiger partial charge in [-0.05, 0) is 25.1 Å². The third-order valence-corrected chi connectivity index (χ3v) is 4.52. The van der Waals surface area contributed by atoms with Crippen molar-refractivity contribution in [3.8, 4) is 22.2 Å². The van der Waals surface area contributed by atoms with Crippen molar-refractivity contribution < 1.29 is 27.4 Å². The van der Waals surface area contributed by atoms with Crippen LogP contribution in [-0.2, 0) is 10.9 Å². The fourth-order valence-corrected chi connectivity index (χ4v) is 3.15. The molecule has 0 unspecified atom stereocenters. The number of halogens is 3. The van der Waals surface area contributed by atoms with Crippen molar-refractivity contribution in [2.75, 3.05) is 6.61 Å². The predicted octanol–water partition coefficient (Wildman–Crippen LogP) is 5.80. The number of benzene rings is 2. The maximum Gasteiger partial charge on any atom is 0.416 e. The van der Waals surface area contributed by atoms with E-state index in [1.165, 1.54) is 12.1 Å². The van der Waals surface area contributed by atoms with E-state index in [0.717, 1.165) is 29.0 Å². The average Bonchev–Trinajstić information content (AvgIpc) is 3.06. The van der Waals surface area contributed by atoms with Crippen molar-refractivity contribution in [1.29, 1.82) is 0 Å². The molecule has 0 aliphatic rings. The largest absolute Gasteiger partial charge is 0.462 e. The number of aromatic nitrogens is 1. The summed E-state index contributed by atoms with van der Waals surface area (Å²) >= 11 is 1.06. The van der Waals surface area contributed by atoms with Crippen molar-refractivity contribution in [2.24, 2.45) is 0 Å². The van der Waals surface area contributed by atoms with E-state index < -0.39 is 17.7 Å². The second kappa shape index (κ2) is 7.79. The first kappa shape index (κ1) is 18.9. The Morgan fingerprint density at radius 2 is 1.85 bits per heavy atom. The van der Waals surface area contributed by atoms with Crippen LogP contribution in [0.25, 0.3) is 10.6 Å². The van der Waals surface area contributed by atoms with Crippen LogP contribution in [0.4, 0.5) is 13.2 Å². The number of carbonyl (C=O) groups excluding carboxylic acids is 1. The monoisotopic (exact) mass is 393 g/mol. The SMILES string of the molecule is CCOC(=O)c1sc(-c2ccccc2)nc1Oc1cccc(C(F)(F)F)c1. The van der Waals surface area contributed by atoms with Crippen molar-refractivity contribution in [2.45, 2.75) is 13.1 Å². The smallest absolute Gasteiger partial charge is 0.416 e. The Morgan fingerprint density at radius 1 is 1.11 bits per heavy atom. The summed E-state index contributed by atoms with van der Waals surface area (Å²) in [4.78, 5) is 16.6. The van der Waals surface area contributed by atoms with Gasteiger partial charge < -0.3 is 9.47 Å². The molecule has 140 valence electrons. The zero-order valence-corrected chi connectivity index (χ0v) is 14.9. The topological polar surface area (TPSA) is 48.4 Å². The number of hydrogen-bond acceptors (Lipinski definition) is 5. The van der Waals surface area contributed by atoms with Crippen LogP contribution in [0.15, 0.2) is 54.6 Å². The second-order valence-electron chi connectivity index (χ2n) is 5.37. The lowest BCUT2D eigenvalue weighted by molar-refractivity contribution is -0.137. The summed E-state index contributed by atoms with van der Waals surface area (Å²) in [6.45, 7) is 1.81. The molecular weight excluding hydrogens is 379 g/mol. The van der Waals surface area contributed by atoms with Crippen molar-refractivity contribution in [3.05, 3.63) is 65.0 Å². The fourth-order valence-electron chi connectivity index (χ4n) is 2.25. The maximum atomic E-state index is 12.9. The molecular formula is C19H14F3NO3S. The molecule has 0 amide bonds. The van der Waals surface area contributed by atoms with Crippen molar-refractivity contribution in [1.82, 2.24) is 4.98 Å². The second-order valence-corrected chi connectivity index (χ2v) is 6.37. The van der Waals surface area contributed by atoms with E-state index in [2.05, 4.69) is 4.98 Å². The van der Waals surface area contributed by atoms with Crippen molar-refractivity contribution >= 4 is 17.3 Å². The molecule has 0 N–H and O–H groups in total. The number of rotatable bonds is 5. The Balaban J connectivity index is 1.98. The molecule has 4 nitrogen and oxygen atoms in total. The van der Waals surface area contributed by atoms with Gasteiger partial charge in [0.15, 0.2) is 4.88 Å². The van der Waals surface area contributed by atoms with Gasteiger partial charge >= 0.3 is 12.1 Å². The Hall–Kier alpha value is -2.87. The summed E-state index contributed by atoms with van der Waals surface area (Å²) in [6.07, 6.45) is -4.50. The summed E-state index contributed by atoms with van der Waals surface area (Å²) in [5.41, 5.74) is -0.0943. The molecule has 0 fully saturated rings. The molecule has 27 heavy (non-hydrogen) atoms. The van der Waals surface area contributed by atoms with E-state index in [0.29, 0.717) is 5.01 Å². The first-order valence-electron chi connectivity index (χ1n) is 7.97. The standard InChI is InChI=1S/C19H14F3NO3S/c1-2-25-18(24)15-16(23-17(27-15)12-7-4-3-5-8-12)26-14-10-6-9-13(11-14)19(20,21)22/h3-11H,2H2,1H3. The van der Waals surface area contributed by atoms with Crippen LogP contribution in [0.1, 0.15) is 22.2 Å². The molecule has 0 aliphatic carbocycles. The van der Waals surface area contributed by atoms with Gasteiger partial charge in [0.1, 0.15) is 10.8 Å². The highest BCUT2D eigenvalue weighted by Crippen LogP contribution is 2.37. The lowest BCUT2D eigenvalue weighted by Crippen LogP contribution is -2.06. The summed E-state index contributed by atoms with van der Waals surface area (Å²) < 4.78 is 49.2. The van der Waals surface area contributed by atoms with E-state index in [4.69, 9.17) is 9.47 Å². The molecule has 8 heteroatoms. The molecule has 0 saturated carbocycles. The van der Waals surface area contributed by atoms with E-state index in [1.54, 1.807) is 6.92 Å². The molecule has 3 aromatic rings. The van der Waals surface area contributed by atoms with Gasteiger partial charge in [0.05, 0.1) is 12.2 Å². The van der Waals surface area contributed by atoms with Crippen molar-refractivity contribution in [3.63, 3.8) is 0 Å². The Labute approximate surface area is 157 Å². The zero-order valence-electron chi connectivity index (χ0n) is 14.1. The molecule has 0 saturated heterocycles. The first-order chi connectivity index (χ1) is 12.9. The van der Waals surface area contributed by atoms with E-state index >= 15 is 0 Å². The van der Waals surface area contributed by atoms with E-state index in [1.807, 2.05) is 30.3 Å². The molecule has 1 aromatic heterocycles. The zero-order chi connectivity index (χ0) is 19.4. The van der Waals surface area contributed by atoms with E-state index in [9.17, 15) is 18.0 Å². The van der Waals surface area contributed by atoms with Crippen LogP contribution in [-0.4, -0.2) is 17.6 Å². The Bertz CT molecular complexity index is 939. The molecule has 3 rings (SSSR count). The molecule has 2 aromatic carbocycles. The van der Waals surface area contributed by atoms with Crippen LogP contribution >= 0.6 is 11.3 Å². The quantitative estimate of drug-likeness (QED) is 0.514. The summed E-state index contributed by atoms with van der Waals surface area (Å²) in [5.74, 6) is -0.795. The Kier molecular flexibility index (Phi) is 5.46. The van der Waals surface area contributed by atoms with Crippen LogP contribution < -0.4 is 4.74 Å². The highest BCUT2D eigenvalue weighted by Gasteiger charge is 2.31. The Morgan fingerprint density at radius 3 is 2.52 bits per heavy atom. The van der Waals surface area contributed by atoms with Gasteiger partial charge in [-0.1, -0.05) is 36.4 Å². The van der Waals surface area contributed by atoms with Gasteiger partial charge in [-0.25, -0.2) is 9.78 Å². The molecule has 0 spiro atoms. The van der Waals surface area contributed by atoms with Gasteiger partial charge in [0.25, 0.3) is 0 Å². The minimum Gasteiger partial charge on any atom is -0.462 e. The highest BCUT2D eigenvalue weighted by molar-refractivity contribution is 7.17. The minimum absolute atomic E-state index is 0.0692. The number of alkyl halides is 3. The fraction of sp³-hybridized carbons (Fsp3) is 0.158. The number of carbonyl (C=O) groups is 1. The summed E-state index contributed by atoms with van der Waals surface area (Å²) in [6, 6.07) is 13.5. The maximum absolute atomic E-state index is 12.9. The molecule has 0 aliphatic heterocycles. The lowest BCUT2D eigenvalue weighted by Gasteiger charge is -2.09. The highest BCUT2D eigenvalue weighted by atomic mass is 32.1. The van der Waals surface area contributed by atoms with Gasteiger partial charge in [-0.3, -0.25) is 0 Å². The predicted molar refractivity (Wildman–Crippen MR) is 95.0 cm³/mol. The number of hydrogen-bond donors (Lipinski definition) is 0. The lowest BCUT2D eigenvalue weighted by atomic mass is 10.2. The summed E-state index contributed by atoms with van der Waals surface area (Å²) in [5, 5.41) is 0.501. The molecule has 0 radical (unpaired) electrons. The normalized spacial score (nSPS) is 11.3. The van der Waals surface area contributed by atoms with Crippen LogP contribution in [0, 0.1) is 0 Å². The van der Waals surface area contributed by atoms with Crippen LogP contribution in [0.2, 0.25) is 0 Å². The number of thiazole rings is 1. The summed E-state index contributed by atoms with van der Waals surface area (Å²) in [7, 11) is 0. The van der Waals surface area contributed by atoms with Gasteiger partial charge in [0.2, 0.25) is 5.88 Å². The van der Waals surface area contributed by atoms with Gasteiger partial charge in [0, 0.05) is 5.56 Å². The van der Waals surface area contributed by atoms with Gasteiger partial charge in [-0.15, -0.1) is 11.3 Å². The third-order valence-electron chi connectivity index (χ3n) is 3.45. The number of nitrogens with zero attached hydrogens (tertiary/aromatic N) is 1. The molecule has 0 atom stereocenters. The number of ether oxygens (including phenoxy) is 2. The van der Waals surface area contributed by atoms with Crippen LogP contribution in [0.5, 0.6) is 11.6 Å². The van der Waals surface area contributed by atoms with E-state index in [-0.39, 0.29) is 23.1 Å². The third kappa shape index (κ3) is 4.46. The minimum atomic E-state index is -4.50. The number of esters is 1. The van der Waals surface area contributed by atoms with Crippen LogP contribution in [0.3, 0.4) is 0 Å². The first-order valence-corrected chi connectivity index (χ1v) is 8.78. The molecule has 1 heterocycles. The average molecular weight is 393 g/mol.